The number of nitrogens with zero attached hydrogens (tertiary/aromatic N) is 1. The zero-order valence-corrected chi connectivity index (χ0v) is 15.4. The van der Waals surface area contributed by atoms with Crippen molar-refractivity contribution in [3.63, 3.8) is 0 Å². The van der Waals surface area contributed by atoms with Crippen molar-refractivity contribution in [2.24, 2.45) is 0 Å². The minimum Gasteiger partial charge on any atom is -0.327 e. The van der Waals surface area contributed by atoms with Crippen LogP contribution < -0.4 is 10.9 Å². The SMILES string of the molecule is O=C(Nc1cc(C(F)(F)F)c[nH]c1=O)c1cccnc1SCc1ccc(F)cc1. The van der Waals surface area contributed by atoms with Crippen molar-refractivity contribution in [1.29, 1.82) is 0 Å². The van der Waals surface area contributed by atoms with Crippen LogP contribution >= 0.6 is 11.8 Å². The lowest BCUT2D eigenvalue weighted by Crippen LogP contribution is -2.22. The van der Waals surface area contributed by atoms with Crippen LogP contribution in [0.5, 0.6) is 0 Å². The second kappa shape index (κ2) is 8.48. The van der Waals surface area contributed by atoms with Crippen LogP contribution in [0, 0.1) is 5.82 Å². The summed E-state index contributed by atoms with van der Waals surface area (Å²) in [6, 6.07) is 9.30. The van der Waals surface area contributed by atoms with E-state index in [0.29, 0.717) is 23.0 Å². The van der Waals surface area contributed by atoms with Gasteiger partial charge < -0.3 is 10.3 Å². The first-order valence-corrected chi connectivity index (χ1v) is 9.16. The largest absolute Gasteiger partial charge is 0.417 e. The lowest BCUT2D eigenvalue weighted by Gasteiger charge is -2.11. The van der Waals surface area contributed by atoms with Crippen LogP contribution in [-0.2, 0) is 11.9 Å². The molecule has 2 N–H and O–H groups in total. The normalized spacial score (nSPS) is 11.3. The summed E-state index contributed by atoms with van der Waals surface area (Å²) in [7, 11) is 0. The molecule has 0 fully saturated rings. The van der Waals surface area contributed by atoms with E-state index >= 15 is 0 Å². The third-order valence-corrected chi connectivity index (χ3v) is 4.86. The molecular formula is C19H13F4N3O2S. The Morgan fingerprint density at radius 3 is 2.59 bits per heavy atom. The molecule has 1 amide bonds. The Balaban J connectivity index is 1.80. The number of hydrogen-bond donors (Lipinski definition) is 2. The maximum Gasteiger partial charge on any atom is 0.417 e. The average Bonchev–Trinajstić information content (AvgIpc) is 2.68. The number of anilines is 1. The molecule has 0 radical (unpaired) electrons. The van der Waals surface area contributed by atoms with Crippen LogP contribution in [-0.4, -0.2) is 15.9 Å². The number of nitrogens with one attached hydrogen (secondary N) is 2. The quantitative estimate of drug-likeness (QED) is 0.469. The van der Waals surface area contributed by atoms with Gasteiger partial charge in [0.2, 0.25) is 0 Å². The molecule has 0 saturated heterocycles. The van der Waals surface area contributed by atoms with E-state index in [-0.39, 0.29) is 11.4 Å². The van der Waals surface area contributed by atoms with Gasteiger partial charge in [0.1, 0.15) is 16.5 Å². The molecule has 5 nitrogen and oxygen atoms in total. The van der Waals surface area contributed by atoms with Crippen LogP contribution in [0.3, 0.4) is 0 Å². The summed E-state index contributed by atoms with van der Waals surface area (Å²) < 4.78 is 51.5. The summed E-state index contributed by atoms with van der Waals surface area (Å²) in [6.07, 6.45) is -2.68. The molecule has 29 heavy (non-hydrogen) atoms. The number of aromatic amines is 1. The molecule has 150 valence electrons. The first-order valence-electron chi connectivity index (χ1n) is 8.17. The van der Waals surface area contributed by atoms with E-state index in [9.17, 15) is 27.2 Å². The lowest BCUT2D eigenvalue weighted by molar-refractivity contribution is -0.137. The van der Waals surface area contributed by atoms with E-state index in [2.05, 4.69) is 10.3 Å². The molecule has 3 rings (SSSR count). The first kappa shape index (κ1) is 20.6. The Labute approximate surface area is 166 Å². The molecule has 0 atom stereocenters. The van der Waals surface area contributed by atoms with Crippen molar-refractivity contribution >= 4 is 23.4 Å². The van der Waals surface area contributed by atoms with Gasteiger partial charge in [-0.2, -0.15) is 13.2 Å². The molecule has 0 unspecified atom stereocenters. The predicted molar refractivity (Wildman–Crippen MR) is 100 cm³/mol. The first-order chi connectivity index (χ1) is 13.7. The summed E-state index contributed by atoms with van der Waals surface area (Å²) in [5.41, 5.74) is -1.59. The lowest BCUT2D eigenvalue weighted by atomic mass is 10.2. The maximum atomic E-state index is 13.0. The number of thioether (sulfide) groups is 1. The van der Waals surface area contributed by atoms with Gasteiger partial charge in [-0.25, -0.2) is 9.37 Å². The van der Waals surface area contributed by atoms with Crippen molar-refractivity contribution in [3.8, 4) is 0 Å². The highest BCUT2D eigenvalue weighted by Gasteiger charge is 2.31. The van der Waals surface area contributed by atoms with Crippen LogP contribution in [0.1, 0.15) is 21.5 Å². The third-order valence-electron chi connectivity index (χ3n) is 3.78. The Morgan fingerprint density at radius 1 is 1.17 bits per heavy atom. The van der Waals surface area contributed by atoms with Gasteiger partial charge in [0, 0.05) is 18.1 Å². The predicted octanol–water partition coefficient (Wildman–Crippen LogP) is 4.47. The van der Waals surface area contributed by atoms with Crippen LogP contribution in [0.4, 0.5) is 23.2 Å². The second-order valence-corrected chi connectivity index (χ2v) is 6.82. The third kappa shape index (κ3) is 5.23. The Hall–Kier alpha value is -3.14. The number of amides is 1. The molecule has 0 saturated carbocycles. The van der Waals surface area contributed by atoms with E-state index in [1.165, 1.54) is 42.2 Å². The Bertz CT molecular complexity index is 1080. The van der Waals surface area contributed by atoms with E-state index in [1.807, 2.05) is 4.98 Å². The van der Waals surface area contributed by atoms with Crippen molar-refractivity contribution in [2.45, 2.75) is 17.0 Å². The Morgan fingerprint density at radius 2 is 1.90 bits per heavy atom. The van der Waals surface area contributed by atoms with Crippen molar-refractivity contribution in [2.75, 3.05) is 5.32 Å². The number of aromatic nitrogens is 2. The molecule has 3 aromatic rings. The highest BCUT2D eigenvalue weighted by molar-refractivity contribution is 7.98. The number of rotatable bonds is 5. The topological polar surface area (TPSA) is 74.8 Å². The van der Waals surface area contributed by atoms with E-state index in [4.69, 9.17) is 0 Å². The van der Waals surface area contributed by atoms with Crippen LogP contribution in [0.2, 0.25) is 0 Å². The van der Waals surface area contributed by atoms with Crippen molar-refractivity contribution < 1.29 is 22.4 Å². The van der Waals surface area contributed by atoms with E-state index < -0.39 is 28.9 Å². The van der Waals surface area contributed by atoms with Gasteiger partial charge in [0.25, 0.3) is 11.5 Å². The number of H-pyrrole nitrogens is 1. The monoisotopic (exact) mass is 423 g/mol. The molecule has 10 heteroatoms. The highest BCUT2D eigenvalue weighted by Crippen LogP contribution is 2.29. The number of alkyl halides is 3. The highest BCUT2D eigenvalue weighted by atomic mass is 32.2. The number of carbonyl (C=O) groups is 1. The molecule has 2 aromatic heterocycles. The zero-order chi connectivity index (χ0) is 21.0. The molecule has 0 aliphatic rings. The average molecular weight is 423 g/mol. The maximum absolute atomic E-state index is 13.0. The van der Waals surface area contributed by atoms with Gasteiger partial charge in [-0.1, -0.05) is 12.1 Å². The van der Waals surface area contributed by atoms with Gasteiger partial charge in [-0.05, 0) is 35.9 Å². The van der Waals surface area contributed by atoms with Crippen molar-refractivity contribution in [3.05, 3.63) is 87.7 Å². The number of carbonyl (C=O) groups excluding carboxylic acids is 1. The van der Waals surface area contributed by atoms with Crippen LogP contribution in [0.15, 0.2) is 64.7 Å². The summed E-state index contributed by atoms with van der Waals surface area (Å²) in [6.45, 7) is 0. The summed E-state index contributed by atoms with van der Waals surface area (Å²) in [5, 5.41) is 2.52. The van der Waals surface area contributed by atoms with Gasteiger partial charge in [-0.15, -0.1) is 11.8 Å². The summed E-state index contributed by atoms with van der Waals surface area (Å²) in [5.74, 6) is -0.755. The summed E-state index contributed by atoms with van der Waals surface area (Å²) in [4.78, 5) is 30.4. The molecule has 0 aliphatic heterocycles. The Kier molecular flexibility index (Phi) is 6.02. The number of pyridine rings is 2. The fraction of sp³-hybridized carbons (Fsp3) is 0.105. The van der Waals surface area contributed by atoms with Gasteiger partial charge in [0.05, 0.1) is 11.1 Å². The van der Waals surface area contributed by atoms with Crippen molar-refractivity contribution in [1.82, 2.24) is 9.97 Å². The molecule has 2 heterocycles. The second-order valence-electron chi connectivity index (χ2n) is 5.85. The number of hydrogen-bond acceptors (Lipinski definition) is 4. The fourth-order valence-corrected chi connectivity index (χ4v) is 3.29. The van der Waals surface area contributed by atoms with Gasteiger partial charge >= 0.3 is 6.18 Å². The fourth-order valence-electron chi connectivity index (χ4n) is 2.34. The van der Waals surface area contributed by atoms with E-state index in [1.54, 1.807) is 12.1 Å². The smallest absolute Gasteiger partial charge is 0.327 e. The number of benzene rings is 1. The zero-order valence-electron chi connectivity index (χ0n) is 14.6. The molecule has 1 aromatic carbocycles. The minimum atomic E-state index is -4.67. The van der Waals surface area contributed by atoms with Gasteiger partial charge in [0.15, 0.2) is 0 Å². The number of halogens is 4. The van der Waals surface area contributed by atoms with E-state index in [0.717, 1.165) is 5.56 Å². The van der Waals surface area contributed by atoms with Crippen LogP contribution in [0.25, 0.3) is 0 Å². The minimum absolute atomic E-state index is 0.0939. The molecule has 0 bridgehead atoms. The molecular weight excluding hydrogens is 410 g/mol. The standard InChI is InChI=1S/C19H13F4N3O2S/c20-13-5-3-11(4-6-13)10-29-18-14(2-1-7-24-18)16(27)26-15-8-12(19(21,22)23)9-25-17(15)28/h1-9H,10H2,(H,25,28)(H,26,27). The summed E-state index contributed by atoms with van der Waals surface area (Å²) >= 11 is 1.20. The van der Waals surface area contributed by atoms with Gasteiger partial charge in [-0.3, -0.25) is 9.59 Å². The molecule has 0 aliphatic carbocycles. The molecule has 0 spiro atoms.